The fourth-order valence-corrected chi connectivity index (χ4v) is 1.28. The molecule has 1 aromatic carbocycles. The summed E-state index contributed by atoms with van der Waals surface area (Å²) < 4.78 is 0. The molecule has 106 valence electrons. The molecular weight excluding hydrogens is 268 g/mol. The molecule has 1 amide bonds. The van der Waals surface area contributed by atoms with E-state index in [4.69, 9.17) is 10.2 Å². The molecule has 0 fully saturated rings. The van der Waals surface area contributed by atoms with Gasteiger partial charge < -0.3 is 15.5 Å². The number of hydrogen-bond acceptors (Lipinski definition) is 5. The van der Waals surface area contributed by atoms with Crippen LogP contribution in [0.3, 0.4) is 0 Å². The Hall–Kier alpha value is -2.74. The van der Waals surface area contributed by atoms with Gasteiger partial charge in [0.25, 0.3) is 5.69 Å². The summed E-state index contributed by atoms with van der Waals surface area (Å²) in [6.45, 7) is -0.716. The summed E-state index contributed by atoms with van der Waals surface area (Å²) in [5, 5.41) is 29.9. The van der Waals surface area contributed by atoms with Crippen LogP contribution in [0.15, 0.2) is 30.3 Å². The average molecular weight is 280 g/mol. The third-order valence-electron chi connectivity index (χ3n) is 2.33. The Morgan fingerprint density at radius 2 is 1.95 bits per heavy atom. The molecular formula is C12H12N2O6. The predicted octanol–water partition coefficient (Wildman–Crippen LogP) is 0.170. The Morgan fingerprint density at radius 1 is 1.35 bits per heavy atom. The summed E-state index contributed by atoms with van der Waals surface area (Å²) in [5.41, 5.74) is 0.472. The first-order valence-electron chi connectivity index (χ1n) is 5.50. The predicted molar refractivity (Wildman–Crippen MR) is 68.8 cm³/mol. The monoisotopic (exact) mass is 280 g/mol. The number of nitrogens with zero attached hydrogens (tertiary/aromatic N) is 1. The van der Waals surface area contributed by atoms with E-state index in [0.29, 0.717) is 5.56 Å². The molecule has 8 nitrogen and oxygen atoms in total. The molecule has 0 radical (unpaired) electrons. The highest BCUT2D eigenvalue weighted by molar-refractivity contribution is 5.94. The zero-order valence-electron chi connectivity index (χ0n) is 10.2. The van der Waals surface area contributed by atoms with E-state index >= 15 is 0 Å². The number of carboxylic acids is 1. The molecule has 0 aromatic heterocycles. The van der Waals surface area contributed by atoms with Crippen molar-refractivity contribution in [1.29, 1.82) is 0 Å². The molecule has 0 spiro atoms. The van der Waals surface area contributed by atoms with Crippen LogP contribution in [0.25, 0.3) is 6.08 Å². The van der Waals surface area contributed by atoms with Crippen LogP contribution in [-0.4, -0.2) is 39.7 Å². The highest BCUT2D eigenvalue weighted by Gasteiger charge is 2.17. The molecule has 0 saturated heterocycles. The second-order valence-electron chi connectivity index (χ2n) is 3.76. The van der Waals surface area contributed by atoms with Crippen LogP contribution in [-0.2, 0) is 9.59 Å². The quantitative estimate of drug-likeness (QED) is 0.387. The van der Waals surface area contributed by atoms with Crippen LogP contribution < -0.4 is 5.32 Å². The minimum Gasteiger partial charge on any atom is -0.480 e. The van der Waals surface area contributed by atoms with Crippen LogP contribution in [0.5, 0.6) is 0 Å². The van der Waals surface area contributed by atoms with Gasteiger partial charge in [-0.05, 0) is 23.8 Å². The van der Waals surface area contributed by atoms with E-state index < -0.39 is 29.4 Å². The summed E-state index contributed by atoms with van der Waals surface area (Å²) in [5.74, 6) is -2.03. The molecule has 0 aliphatic carbocycles. The number of nitro benzene ring substituents is 1. The zero-order valence-corrected chi connectivity index (χ0v) is 10.2. The maximum atomic E-state index is 11.4. The van der Waals surface area contributed by atoms with Crippen LogP contribution in [0.2, 0.25) is 0 Å². The molecule has 1 aromatic rings. The zero-order chi connectivity index (χ0) is 15.1. The molecule has 0 unspecified atom stereocenters. The van der Waals surface area contributed by atoms with Crippen molar-refractivity contribution in [3.63, 3.8) is 0 Å². The van der Waals surface area contributed by atoms with Crippen molar-refractivity contribution >= 4 is 23.6 Å². The van der Waals surface area contributed by atoms with E-state index in [-0.39, 0.29) is 5.69 Å². The van der Waals surface area contributed by atoms with E-state index in [0.717, 1.165) is 6.08 Å². The number of aliphatic hydroxyl groups excluding tert-OH is 1. The third kappa shape index (κ3) is 4.50. The summed E-state index contributed by atoms with van der Waals surface area (Å²) in [6, 6.07) is 4.09. The molecule has 0 aliphatic rings. The van der Waals surface area contributed by atoms with Gasteiger partial charge in [-0.25, -0.2) is 4.79 Å². The number of aliphatic hydroxyl groups is 1. The maximum Gasteiger partial charge on any atom is 0.328 e. The number of nitro groups is 1. The largest absolute Gasteiger partial charge is 0.480 e. The molecule has 0 saturated carbocycles. The lowest BCUT2D eigenvalue weighted by Gasteiger charge is -2.09. The topological polar surface area (TPSA) is 130 Å². The van der Waals surface area contributed by atoms with Gasteiger partial charge in [-0.3, -0.25) is 14.9 Å². The van der Waals surface area contributed by atoms with Gasteiger partial charge in [-0.15, -0.1) is 0 Å². The number of hydrogen-bond donors (Lipinski definition) is 3. The molecule has 1 atom stereocenters. The van der Waals surface area contributed by atoms with Gasteiger partial charge in [0.2, 0.25) is 5.91 Å². The van der Waals surface area contributed by atoms with Crippen molar-refractivity contribution in [3.05, 3.63) is 46.0 Å². The van der Waals surface area contributed by atoms with Gasteiger partial charge in [0, 0.05) is 18.2 Å². The first-order valence-corrected chi connectivity index (χ1v) is 5.50. The van der Waals surface area contributed by atoms with Crippen LogP contribution >= 0.6 is 0 Å². The molecule has 0 aliphatic heterocycles. The molecule has 8 heteroatoms. The number of carbonyl (C=O) groups excluding carboxylic acids is 1. The Kier molecular flexibility index (Phi) is 5.36. The summed E-state index contributed by atoms with van der Waals surface area (Å²) in [7, 11) is 0. The second-order valence-corrected chi connectivity index (χ2v) is 3.76. The SMILES string of the molecule is O=C(/C=C/c1ccc([N+](=O)[O-])cc1)N[C@@H](CO)C(=O)O. The molecule has 1 rings (SSSR count). The van der Waals surface area contributed by atoms with Crippen molar-refractivity contribution in [2.75, 3.05) is 6.61 Å². The van der Waals surface area contributed by atoms with E-state index in [9.17, 15) is 19.7 Å². The van der Waals surface area contributed by atoms with E-state index in [1.165, 1.54) is 30.3 Å². The lowest BCUT2D eigenvalue weighted by Crippen LogP contribution is -2.42. The fourth-order valence-electron chi connectivity index (χ4n) is 1.28. The first kappa shape index (κ1) is 15.3. The molecule has 20 heavy (non-hydrogen) atoms. The first-order chi connectivity index (χ1) is 9.43. The standard InChI is InChI=1S/C12H12N2O6/c15-7-10(12(17)18)13-11(16)6-3-8-1-4-9(5-2-8)14(19)20/h1-6,10,15H,7H2,(H,13,16)(H,17,18)/b6-3+/t10-/m0/s1. The van der Waals surface area contributed by atoms with Gasteiger partial charge in [0.1, 0.15) is 0 Å². The average Bonchev–Trinajstić information content (AvgIpc) is 2.42. The number of benzene rings is 1. The fraction of sp³-hybridized carbons (Fsp3) is 0.167. The van der Waals surface area contributed by atoms with Crippen molar-refractivity contribution in [3.8, 4) is 0 Å². The number of nitrogens with one attached hydrogen (secondary N) is 1. The molecule has 0 heterocycles. The summed E-state index contributed by atoms with van der Waals surface area (Å²) in [6.07, 6.45) is 2.45. The van der Waals surface area contributed by atoms with Gasteiger partial charge in [0.05, 0.1) is 11.5 Å². The summed E-state index contributed by atoms with van der Waals surface area (Å²) in [4.78, 5) is 31.9. The van der Waals surface area contributed by atoms with E-state index in [1.54, 1.807) is 0 Å². The van der Waals surface area contributed by atoms with Crippen LogP contribution in [0.1, 0.15) is 5.56 Å². The molecule has 0 bridgehead atoms. The Bertz CT molecular complexity index is 537. The minimum absolute atomic E-state index is 0.0715. The van der Waals surface area contributed by atoms with Gasteiger partial charge in [-0.2, -0.15) is 0 Å². The Morgan fingerprint density at radius 3 is 2.40 bits per heavy atom. The van der Waals surface area contributed by atoms with Crippen molar-refractivity contribution in [2.45, 2.75) is 6.04 Å². The Balaban J connectivity index is 2.65. The highest BCUT2D eigenvalue weighted by atomic mass is 16.6. The Labute approximate surface area is 113 Å². The molecule has 3 N–H and O–H groups in total. The lowest BCUT2D eigenvalue weighted by molar-refractivity contribution is -0.384. The smallest absolute Gasteiger partial charge is 0.328 e. The number of non-ortho nitro benzene ring substituents is 1. The number of amides is 1. The number of rotatable bonds is 6. The summed E-state index contributed by atoms with van der Waals surface area (Å²) >= 11 is 0. The number of aliphatic carboxylic acids is 1. The second kappa shape index (κ2) is 7.00. The van der Waals surface area contributed by atoms with Gasteiger partial charge in [0.15, 0.2) is 6.04 Å². The van der Waals surface area contributed by atoms with Gasteiger partial charge >= 0.3 is 5.97 Å². The van der Waals surface area contributed by atoms with Crippen molar-refractivity contribution in [1.82, 2.24) is 5.32 Å². The number of carbonyl (C=O) groups is 2. The van der Waals surface area contributed by atoms with Gasteiger partial charge in [-0.1, -0.05) is 0 Å². The minimum atomic E-state index is -1.37. The highest BCUT2D eigenvalue weighted by Crippen LogP contribution is 2.12. The number of carboxylic acid groups (broad SMARTS) is 1. The van der Waals surface area contributed by atoms with Crippen molar-refractivity contribution < 1.29 is 24.7 Å². The third-order valence-corrected chi connectivity index (χ3v) is 2.33. The van der Waals surface area contributed by atoms with Crippen molar-refractivity contribution in [2.24, 2.45) is 0 Å². The van der Waals surface area contributed by atoms with E-state index in [1.807, 2.05) is 0 Å². The van der Waals surface area contributed by atoms with E-state index in [2.05, 4.69) is 5.32 Å². The maximum absolute atomic E-state index is 11.4. The van der Waals surface area contributed by atoms with Crippen LogP contribution in [0, 0.1) is 10.1 Å². The normalized spacial score (nSPS) is 12.1. The van der Waals surface area contributed by atoms with Crippen LogP contribution in [0.4, 0.5) is 5.69 Å². The lowest BCUT2D eigenvalue weighted by atomic mass is 10.2.